The van der Waals surface area contributed by atoms with Crippen LogP contribution in [0.25, 0.3) is 0 Å². The minimum atomic E-state index is 0.351. The minimum absolute atomic E-state index is 0.351. The molecule has 1 heterocycles. The van der Waals surface area contributed by atoms with Crippen LogP contribution in [-0.2, 0) is 0 Å². The summed E-state index contributed by atoms with van der Waals surface area (Å²) in [4.78, 5) is 1.37. The number of thioether (sulfide) groups is 1. The van der Waals surface area contributed by atoms with Crippen LogP contribution in [0.1, 0.15) is 11.6 Å². The Labute approximate surface area is 125 Å². The smallest absolute Gasteiger partial charge is 0.121 e. The lowest BCUT2D eigenvalue weighted by atomic mass is 10.1. The molecule has 2 aromatic carbocycles. The zero-order valence-corrected chi connectivity index (χ0v) is 12.9. The number of methoxy groups -OCH3 is 1. The van der Waals surface area contributed by atoms with E-state index >= 15 is 0 Å². The lowest BCUT2D eigenvalue weighted by Gasteiger charge is -2.16. The van der Waals surface area contributed by atoms with Crippen LogP contribution in [0, 0.1) is 0 Å². The molecule has 0 bridgehead atoms. The second kappa shape index (κ2) is 5.47. The molecule has 4 heteroatoms. The quantitative estimate of drug-likeness (QED) is 0.877. The lowest BCUT2D eigenvalue weighted by Crippen LogP contribution is -2.10. The standard InChI is InChI=1S/C15H14BrNOS/c1-18-10-6-7-12(16)13(8-10)17-14-9-19-15-5-3-2-4-11(14)15/h2-8,14,17H,9H2,1H3. The Hall–Kier alpha value is -1.13. The van der Waals surface area contributed by atoms with Crippen molar-refractivity contribution < 1.29 is 4.74 Å². The van der Waals surface area contributed by atoms with Crippen LogP contribution in [0.15, 0.2) is 51.8 Å². The molecule has 3 rings (SSSR count). The summed E-state index contributed by atoms with van der Waals surface area (Å²) < 4.78 is 6.34. The van der Waals surface area contributed by atoms with Crippen LogP contribution in [0.2, 0.25) is 0 Å². The first-order valence-corrected chi connectivity index (χ1v) is 7.87. The van der Waals surface area contributed by atoms with Crippen LogP contribution < -0.4 is 10.1 Å². The molecule has 0 radical (unpaired) electrons. The fourth-order valence-corrected chi connectivity index (χ4v) is 3.73. The van der Waals surface area contributed by atoms with E-state index in [0.29, 0.717) is 6.04 Å². The third-order valence-electron chi connectivity index (χ3n) is 3.20. The topological polar surface area (TPSA) is 21.3 Å². The van der Waals surface area contributed by atoms with Crippen LogP contribution in [0.3, 0.4) is 0 Å². The Morgan fingerprint density at radius 3 is 2.95 bits per heavy atom. The first-order chi connectivity index (χ1) is 9.28. The molecule has 0 saturated carbocycles. The van der Waals surface area contributed by atoms with Crippen molar-refractivity contribution in [1.82, 2.24) is 0 Å². The summed E-state index contributed by atoms with van der Waals surface area (Å²) in [6, 6.07) is 14.9. The normalized spacial score (nSPS) is 17.1. The zero-order valence-electron chi connectivity index (χ0n) is 10.5. The number of hydrogen-bond acceptors (Lipinski definition) is 3. The molecule has 0 fully saturated rings. The predicted molar refractivity (Wildman–Crippen MR) is 84.2 cm³/mol. The molecule has 0 spiro atoms. The van der Waals surface area contributed by atoms with Gasteiger partial charge >= 0.3 is 0 Å². The van der Waals surface area contributed by atoms with E-state index in [9.17, 15) is 0 Å². The van der Waals surface area contributed by atoms with Crippen LogP contribution in [0.4, 0.5) is 5.69 Å². The highest BCUT2D eigenvalue weighted by Gasteiger charge is 2.22. The highest BCUT2D eigenvalue weighted by Crippen LogP contribution is 2.41. The molecule has 0 aromatic heterocycles. The van der Waals surface area contributed by atoms with Gasteiger partial charge in [0.1, 0.15) is 5.75 Å². The summed E-state index contributed by atoms with van der Waals surface area (Å²) in [5.74, 6) is 1.92. The van der Waals surface area contributed by atoms with E-state index in [1.54, 1.807) is 7.11 Å². The van der Waals surface area contributed by atoms with Crippen molar-refractivity contribution in [2.75, 3.05) is 18.2 Å². The second-order valence-electron chi connectivity index (χ2n) is 4.39. The summed E-state index contributed by atoms with van der Waals surface area (Å²) in [6.07, 6.45) is 0. The first kappa shape index (κ1) is 12.9. The summed E-state index contributed by atoms with van der Waals surface area (Å²) in [5, 5.41) is 3.59. The van der Waals surface area contributed by atoms with Gasteiger partial charge in [-0.2, -0.15) is 0 Å². The van der Waals surface area contributed by atoms with Gasteiger partial charge in [-0.15, -0.1) is 11.8 Å². The third kappa shape index (κ3) is 2.60. The van der Waals surface area contributed by atoms with Crippen molar-refractivity contribution in [2.45, 2.75) is 10.9 Å². The van der Waals surface area contributed by atoms with E-state index in [4.69, 9.17) is 4.74 Å². The van der Waals surface area contributed by atoms with Crippen molar-refractivity contribution in [3.8, 4) is 5.75 Å². The molecule has 19 heavy (non-hydrogen) atoms. The molecule has 2 nitrogen and oxygen atoms in total. The predicted octanol–water partition coefficient (Wildman–Crippen LogP) is 4.72. The molecule has 0 amide bonds. The summed E-state index contributed by atoms with van der Waals surface area (Å²) >= 11 is 5.48. The Balaban J connectivity index is 1.87. The number of ether oxygens (including phenoxy) is 1. The molecule has 1 atom stereocenters. The number of nitrogens with one attached hydrogen (secondary N) is 1. The van der Waals surface area contributed by atoms with E-state index in [1.165, 1.54) is 10.5 Å². The number of halogens is 1. The largest absolute Gasteiger partial charge is 0.497 e. The maximum atomic E-state index is 5.28. The van der Waals surface area contributed by atoms with E-state index < -0.39 is 0 Å². The van der Waals surface area contributed by atoms with Crippen LogP contribution in [0.5, 0.6) is 5.75 Å². The van der Waals surface area contributed by atoms with Crippen molar-refractivity contribution in [1.29, 1.82) is 0 Å². The van der Waals surface area contributed by atoms with Crippen LogP contribution in [-0.4, -0.2) is 12.9 Å². The fourth-order valence-electron chi connectivity index (χ4n) is 2.21. The molecule has 98 valence electrons. The van der Waals surface area contributed by atoms with Gasteiger partial charge in [0.05, 0.1) is 18.8 Å². The minimum Gasteiger partial charge on any atom is -0.497 e. The zero-order chi connectivity index (χ0) is 13.2. The summed E-state index contributed by atoms with van der Waals surface area (Å²) in [6.45, 7) is 0. The molecular formula is C15H14BrNOS. The number of rotatable bonds is 3. The summed E-state index contributed by atoms with van der Waals surface area (Å²) in [5.41, 5.74) is 2.45. The van der Waals surface area contributed by atoms with Gasteiger partial charge in [-0.05, 0) is 39.7 Å². The van der Waals surface area contributed by atoms with Gasteiger partial charge in [0.25, 0.3) is 0 Å². The van der Waals surface area contributed by atoms with Gasteiger partial charge in [-0.3, -0.25) is 0 Å². The third-order valence-corrected chi connectivity index (χ3v) is 5.08. The van der Waals surface area contributed by atoms with E-state index in [2.05, 4.69) is 45.5 Å². The second-order valence-corrected chi connectivity index (χ2v) is 6.31. The monoisotopic (exact) mass is 335 g/mol. The maximum absolute atomic E-state index is 5.28. The van der Waals surface area contributed by atoms with Gasteiger partial charge < -0.3 is 10.1 Å². The number of hydrogen-bond donors (Lipinski definition) is 1. The van der Waals surface area contributed by atoms with Crippen molar-refractivity contribution in [3.05, 3.63) is 52.5 Å². The Morgan fingerprint density at radius 1 is 1.26 bits per heavy atom. The Morgan fingerprint density at radius 2 is 2.11 bits per heavy atom. The molecule has 1 aliphatic heterocycles. The van der Waals surface area contributed by atoms with Gasteiger partial charge in [-0.25, -0.2) is 0 Å². The summed E-state index contributed by atoms with van der Waals surface area (Å²) in [7, 11) is 1.69. The lowest BCUT2D eigenvalue weighted by molar-refractivity contribution is 0.415. The molecular weight excluding hydrogens is 322 g/mol. The highest BCUT2D eigenvalue weighted by atomic mass is 79.9. The van der Waals surface area contributed by atoms with Gasteiger partial charge in [0.15, 0.2) is 0 Å². The average molecular weight is 336 g/mol. The molecule has 1 unspecified atom stereocenters. The molecule has 0 aliphatic carbocycles. The average Bonchev–Trinajstić information content (AvgIpc) is 2.85. The molecule has 2 aromatic rings. The Kier molecular flexibility index (Phi) is 3.71. The fraction of sp³-hybridized carbons (Fsp3) is 0.200. The van der Waals surface area contributed by atoms with Crippen LogP contribution >= 0.6 is 27.7 Å². The SMILES string of the molecule is COc1ccc(Br)c(NC2CSc3ccccc32)c1. The van der Waals surface area contributed by atoms with Gasteiger partial charge in [0.2, 0.25) is 0 Å². The van der Waals surface area contributed by atoms with Gasteiger partial charge in [0, 0.05) is 21.2 Å². The van der Waals surface area contributed by atoms with Crippen molar-refractivity contribution in [3.63, 3.8) is 0 Å². The first-order valence-electron chi connectivity index (χ1n) is 6.10. The van der Waals surface area contributed by atoms with Crippen molar-refractivity contribution >= 4 is 33.4 Å². The van der Waals surface area contributed by atoms with Crippen molar-refractivity contribution in [2.24, 2.45) is 0 Å². The van der Waals surface area contributed by atoms with Gasteiger partial charge in [-0.1, -0.05) is 18.2 Å². The highest BCUT2D eigenvalue weighted by molar-refractivity contribution is 9.10. The molecule has 0 saturated heterocycles. The molecule has 1 aliphatic rings. The Bertz CT molecular complexity index is 602. The number of anilines is 1. The number of fused-ring (bicyclic) bond motifs is 1. The van der Waals surface area contributed by atoms with E-state index in [0.717, 1.165) is 21.7 Å². The van der Waals surface area contributed by atoms with E-state index in [-0.39, 0.29) is 0 Å². The maximum Gasteiger partial charge on any atom is 0.121 e. The molecule has 1 N–H and O–H groups in total. The number of benzene rings is 2. The van der Waals surface area contributed by atoms with E-state index in [1.807, 2.05) is 30.0 Å².